The van der Waals surface area contributed by atoms with Crippen molar-refractivity contribution < 1.29 is 13.2 Å². The van der Waals surface area contributed by atoms with Crippen LogP contribution in [-0.4, -0.2) is 15.0 Å². The second kappa shape index (κ2) is 6.46. The first-order valence-electron chi connectivity index (χ1n) is 6.25. The maximum Gasteiger partial charge on any atom is 0.240 e. The molecule has 0 spiro atoms. The van der Waals surface area contributed by atoms with Crippen LogP contribution in [0.1, 0.15) is 6.92 Å². The van der Waals surface area contributed by atoms with Crippen molar-refractivity contribution in [3.05, 3.63) is 46.9 Å². The molecular formula is C14H15BrN2O3S. The van der Waals surface area contributed by atoms with Crippen LogP contribution in [0.15, 0.2) is 51.8 Å². The summed E-state index contributed by atoms with van der Waals surface area (Å²) in [4.78, 5) is 0.116. The van der Waals surface area contributed by atoms with Crippen LogP contribution in [0.5, 0.6) is 11.5 Å². The van der Waals surface area contributed by atoms with E-state index in [1.807, 2.05) is 12.1 Å². The average molecular weight is 371 g/mol. The number of nitrogen functional groups attached to an aromatic ring is 1. The van der Waals surface area contributed by atoms with Crippen molar-refractivity contribution in [2.75, 3.05) is 12.3 Å². The van der Waals surface area contributed by atoms with Gasteiger partial charge in [-0.2, -0.15) is 0 Å². The molecule has 0 aliphatic rings. The third kappa shape index (κ3) is 3.96. The zero-order valence-corrected chi connectivity index (χ0v) is 13.7. The number of ether oxygens (including phenoxy) is 1. The van der Waals surface area contributed by atoms with Crippen LogP contribution in [0.2, 0.25) is 0 Å². The highest BCUT2D eigenvalue weighted by Gasteiger charge is 2.15. The summed E-state index contributed by atoms with van der Waals surface area (Å²) in [6.07, 6.45) is 0. The molecule has 7 heteroatoms. The Morgan fingerprint density at radius 3 is 2.48 bits per heavy atom. The second-order valence-electron chi connectivity index (χ2n) is 4.26. The molecule has 0 radical (unpaired) electrons. The van der Waals surface area contributed by atoms with Gasteiger partial charge in [0.25, 0.3) is 0 Å². The van der Waals surface area contributed by atoms with Gasteiger partial charge >= 0.3 is 0 Å². The van der Waals surface area contributed by atoms with E-state index < -0.39 is 10.0 Å². The van der Waals surface area contributed by atoms with Crippen molar-refractivity contribution in [3.8, 4) is 11.5 Å². The smallest absolute Gasteiger partial charge is 0.240 e. The first-order chi connectivity index (χ1) is 9.92. The number of nitrogens with two attached hydrogens (primary N) is 1. The van der Waals surface area contributed by atoms with Gasteiger partial charge in [-0.15, -0.1) is 0 Å². The normalized spacial score (nSPS) is 11.3. The van der Waals surface area contributed by atoms with Crippen LogP contribution in [0.4, 0.5) is 5.69 Å². The van der Waals surface area contributed by atoms with Crippen molar-refractivity contribution in [2.24, 2.45) is 0 Å². The van der Waals surface area contributed by atoms with Crippen LogP contribution < -0.4 is 15.2 Å². The van der Waals surface area contributed by atoms with Crippen LogP contribution in [-0.2, 0) is 10.0 Å². The Balaban J connectivity index is 2.33. The van der Waals surface area contributed by atoms with Crippen molar-refractivity contribution in [3.63, 3.8) is 0 Å². The number of anilines is 1. The van der Waals surface area contributed by atoms with E-state index in [9.17, 15) is 8.42 Å². The molecule has 112 valence electrons. The van der Waals surface area contributed by atoms with E-state index in [2.05, 4.69) is 20.7 Å². The van der Waals surface area contributed by atoms with Crippen molar-refractivity contribution in [1.82, 2.24) is 4.72 Å². The summed E-state index contributed by atoms with van der Waals surface area (Å²) < 4.78 is 32.9. The number of rotatable bonds is 5. The standard InChI is InChI=1S/C14H15BrN2O3S/c1-2-17-21(18,19)12-7-8-13(16)14(9-12)20-11-5-3-10(15)4-6-11/h3-9,17H,2,16H2,1H3. The van der Waals surface area contributed by atoms with Crippen molar-refractivity contribution >= 4 is 31.6 Å². The molecule has 0 aliphatic carbocycles. The molecule has 0 heterocycles. The van der Waals surface area contributed by atoms with Gasteiger partial charge in [0, 0.05) is 17.1 Å². The van der Waals surface area contributed by atoms with Gasteiger partial charge in [0.1, 0.15) is 5.75 Å². The van der Waals surface area contributed by atoms with Crippen LogP contribution >= 0.6 is 15.9 Å². The molecule has 5 nitrogen and oxygen atoms in total. The van der Waals surface area contributed by atoms with E-state index in [0.717, 1.165) is 4.47 Å². The van der Waals surface area contributed by atoms with Gasteiger partial charge in [-0.05, 0) is 36.4 Å². The van der Waals surface area contributed by atoms with E-state index in [0.29, 0.717) is 23.7 Å². The third-order valence-corrected chi connectivity index (χ3v) is 4.74. The first kappa shape index (κ1) is 15.8. The van der Waals surface area contributed by atoms with Gasteiger partial charge in [-0.3, -0.25) is 0 Å². The second-order valence-corrected chi connectivity index (χ2v) is 6.94. The molecule has 0 aromatic heterocycles. The Morgan fingerprint density at radius 2 is 1.86 bits per heavy atom. The molecule has 0 fully saturated rings. The number of benzene rings is 2. The van der Waals surface area contributed by atoms with Crippen molar-refractivity contribution in [1.29, 1.82) is 0 Å². The van der Waals surface area contributed by atoms with E-state index in [1.165, 1.54) is 18.2 Å². The predicted octanol–water partition coefficient (Wildman–Crippen LogP) is 3.12. The summed E-state index contributed by atoms with van der Waals surface area (Å²) >= 11 is 3.33. The molecule has 0 saturated heterocycles. The number of hydrogen-bond acceptors (Lipinski definition) is 4. The molecule has 0 bridgehead atoms. The summed E-state index contributed by atoms with van der Waals surface area (Å²) in [5, 5.41) is 0. The topological polar surface area (TPSA) is 81.4 Å². The first-order valence-corrected chi connectivity index (χ1v) is 8.52. The SMILES string of the molecule is CCNS(=O)(=O)c1ccc(N)c(Oc2ccc(Br)cc2)c1. The van der Waals surface area contributed by atoms with Gasteiger partial charge in [0.15, 0.2) is 5.75 Å². The molecule has 2 aromatic carbocycles. The monoisotopic (exact) mass is 370 g/mol. The summed E-state index contributed by atoms with van der Waals surface area (Å²) in [6.45, 7) is 2.03. The van der Waals surface area contributed by atoms with Crippen LogP contribution in [0, 0.1) is 0 Å². The fourth-order valence-electron chi connectivity index (χ4n) is 1.67. The van der Waals surface area contributed by atoms with Crippen LogP contribution in [0.3, 0.4) is 0 Å². The number of nitrogens with one attached hydrogen (secondary N) is 1. The maximum absolute atomic E-state index is 12.0. The molecule has 0 unspecified atom stereocenters. The van der Waals surface area contributed by atoms with Gasteiger partial charge in [-0.25, -0.2) is 13.1 Å². The average Bonchev–Trinajstić information content (AvgIpc) is 2.43. The fourth-order valence-corrected chi connectivity index (χ4v) is 2.99. The molecule has 2 rings (SSSR count). The summed E-state index contributed by atoms with van der Waals surface area (Å²) in [6, 6.07) is 11.5. The minimum absolute atomic E-state index is 0.116. The predicted molar refractivity (Wildman–Crippen MR) is 85.9 cm³/mol. The van der Waals surface area contributed by atoms with Gasteiger partial charge in [-0.1, -0.05) is 22.9 Å². The van der Waals surface area contributed by atoms with E-state index in [-0.39, 0.29) is 4.90 Å². The van der Waals surface area contributed by atoms with E-state index >= 15 is 0 Å². The Bertz CT molecular complexity index is 730. The van der Waals surface area contributed by atoms with Gasteiger partial charge in [0.2, 0.25) is 10.0 Å². The van der Waals surface area contributed by atoms with E-state index in [4.69, 9.17) is 10.5 Å². The minimum atomic E-state index is -3.54. The summed E-state index contributed by atoms with van der Waals surface area (Å²) in [5.41, 5.74) is 6.20. The maximum atomic E-state index is 12.0. The lowest BCUT2D eigenvalue weighted by Crippen LogP contribution is -2.23. The van der Waals surface area contributed by atoms with Gasteiger partial charge in [0.05, 0.1) is 10.6 Å². The molecule has 0 amide bonds. The molecule has 0 saturated carbocycles. The minimum Gasteiger partial charge on any atom is -0.455 e. The summed E-state index contributed by atoms with van der Waals surface area (Å²) in [7, 11) is -3.54. The lowest BCUT2D eigenvalue weighted by Gasteiger charge is -2.11. The largest absolute Gasteiger partial charge is 0.455 e. The molecule has 3 N–H and O–H groups in total. The lowest BCUT2D eigenvalue weighted by molar-refractivity contribution is 0.483. The zero-order valence-electron chi connectivity index (χ0n) is 11.3. The Kier molecular flexibility index (Phi) is 4.87. The van der Waals surface area contributed by atoms with Crippen LogP contribution in [0.25, 0.3) is 0 Å². The van der Waals surface area contributed by atoms with Gasteiger partial charge < -0.3 is 10.5 Å². The van der Waals surface area contributed by atoms with Crippen molar-refractivity contribution in [2.45, 2.75) is 11.8 Å². The number of halogens is 1. The molecule has 21 heavy (non-hydrogen) atoms. The Labute approximate surface area is 132 Å². The zero-order chi connectivity index (χ0) is 15.5. The third-order valence-electron chi connectivity index (χ3n) is 2.67. The van der Waals surface area contributed by atoms with E-state index in [1.54, 1.807) is 19.1 Å². The number of hydrogen-bond donors (Lipinski definition) is 2. The fraction of sp³-hybridized carbons (Fsp3) is 0.143. The Morgan fingerprint density at radius 1 is 1.19 bits per heavy atom. The number of sulfonamides is 1. The summed E-state index contributed by atoms with van der Waals surface area (Å²) in [5.74, 6) is 0.874. The molecule has 2 aromatic rings. The highest BCUT2D eigenvalue weighted by Crippen LogP contribution is 2.30. The Hall–Kier alpha value is -1.57. The molecule has 0 atom stereocenters. The quantitative estimate of drug-likeness (QED) is 0.792. The lowest BCUT2D eigenvalue weighted by atomic mass is 10.3. The highest BCUT2D eigenvalue weighted by molar-refractivity contribution is 9.10. The molecular weight excluding hydrogens is 356 g/mol. The molecule has 0 aliphatic heterocycles. The highest BCUT2D eigenvalue weighted by atomic mass is 79.9.